The highest BCUT2D eigenvalue weighted by atomic mass is 16.4. The lowest BCUT2D eigenvalue weighted by atomic mass is 10.4. The second-order valence-electron chi connectivity index (χ2n) is 4.75. The minimum Gasteiger partial charge on any atom is -0.444 e. The quantitative estimate of drug-likeness (QED) is 0.844. The number of aryl methyl sites for hydroxylation is 3. The van der Waals surface area contributed by atoms with E-state index in [-0.39, 0.29) is 0 Å². The summed E-state index contributed by atoms with van der Waals surface area (Å²) >= 11 is 0. The number of nitrogens with one attached hydrogen (secondary N) is 2. The van der Waals surface area contributed by atoms with Crippen LogP contribution in [0.5, 0.6) is 0 Å². The van der Waals surface area contributed by atoms with E-state index in [0.717, 1.165) is 35.9 Å². The van der Waals surface area contributed by atoms with Crippen LogP contribution < -0.4 is 10.6 Å². The molecule has 2 N–H and O–H groups in total. The van der Waals surface area contributed by atoms with Gasteiger partial charge >= 0.3 is 0 Å². The maximum atomic E-state index is 5.53. The van der Waals surface area contributed by atoms with Gasteiger partial charge in [-0.1, -0.05) is 6.92 Å². The number of hydrogen-bond acceptors (Lipinski definition) is 6. The van der Waals surface area contributed by atoms with E-state index in [4.69, 9.17) is 4.42 Å². The molecule has 2 aromatic rings. The van der Waals surface area contributed by atoms with Gasteiger partial charge in [0.25, 0.3) is 0 Å². The zero-order valence-electron chi connectivity index (χ0n) is 12.4. The molecule has 0 aromatic carbocycles. The smallest absolute Gasteiger partial charge is 0.224 e. The summed E-state index contributed by atoms with van der Waals surface area (Å²) in [5.41, 5.74) is 1.84. The minimum atomic E-state index is 0.512. The monoisotopic (exact) mass is 275 g/mol. The molecule has 2 aromatic heterocycles. The molecule has 0 spiro atoms. The molecule has 2 heterocycles. The Balaban J connectivity index is 2.03. The fourth-order valence-electron chi connectivity index (χ4n) is 1.76. The van der Waals surface area contributed by atoms with Crippen LogP contribution in [0, 0.1) is 20.8 Å². The molecule has 0 aliphatic rings. The molecule has 0 saturated heterocycles. The van der Waals surface area contributed by atoms with Crippen molar-refractivity contribution in [1.82, 2.24) is 15.0 Å². The highest BCUT2D eigenvalue weighted by Crippen LogP contribution is 2.13. The van der Waals surface area contributed by atoms with Crippen molar-refractivity contribution in [2.75, 3.05) is 17.2 Å². The largest absolute Gasteiger partial charge is 0.444 e. The summed E-state index contributed by atoms with van der Waals surface area (Å²) in [5.74, 6) is 2.93. The van der Waals surface area contributed by atoms with Crippen LogP contribution in [0.15, 0.2) is 10.5 Å². The van der Waals surface area contributed by atoms with Crippen LogP contribution in [0.1, 0.15) is 36.4 Å². The van der Waals surface area contributed by atoms with Gasteiger partial charge in [0.15, 0.2) is 0 Å². The van der Waals surface area contributed by atoms with E-state index in [9.17, 15) is 0 Å². The van der Waals surface area contributed by atoms with Crippen molar-refractivity contribution in [2.45, 2.75) is 40.7 Å². The van der Waals surface area contributed by atoms with Gasteiger partial charge in [-0.25, -0.2) is 9.97 Å². The van der Waals surface area contributed by atoms with E-state index in [2.05, 4.69) is 32.5 Å². The van der Waals surface area contributed by atoms with Crippen molar-refractivity contribution in [2.24, 2.45) is 0 Å². The molecule has 0 aliphatic heterocycles. The molecule has 6 heteroatoms. The topological polar surface area (TPSA) is 75.9 Å². The Kier molecular flexibility index (Phi) is 4.55. The number of anilines is 2. The van der Waals surface area contributed by atoms with E-state index in [1.807, 2.05) is 26.8 Å². The van der Waals surface area contributed by atoms with E-state index in [1.165, 1.54) is 0 Å². The van der Waals surface area contributed by atoms with Crippen LogP contribution in [-0.4, -0.2) is 21.5 Å². The van der Waals surface area contributed by atoms with Crippen molar-refractivity contribution >= 4 is 11.8 Å². The van der Waals surface area contributed by atoms with E-state index in [0.29, 0.717) is 18.4 Å². The molecule has 0 bridgehead atoms. The SMILES string of the molecule is CCCNc1nc(C)cc(NCc2nc(C)c(C)o2)n1. The predicted octanol–water partition coefficient (Wildman–Crippen LogP) is 2.82. The number of oxazole rings is 1. The summed E-state index contributed by atoms with van der Waals surface area (Å²) in [7, 11) is 0. The van der Waals surface area contributed by atoms with Gasteiger partial charge in [-0.15, -0.1) is 0 Å². The van der Waals surface area contributed by atoms with Crippen LogP contribution in [0.4, 0.5) is 11.8 Å². The van der Waals surface area contributed by atoms with Gasteiger partial charge in [0.2, 0.25) is 11.8 Å². The number of nitrogens with zero attached hydrogens (tertiary/aromatic N) is 3. The lowest BCUT2D eigenvalue weighted by molar-refractivity contribution is 0.478. The summed E-state index contributed by atoms with van der Waals surface area (Å²) in [4.78, 5) is 13.1. The standard InChI is InChI=1S/C14H21N5O/c1-5-6-15-14-17-9(2)7-12(19-14)16-8-13-18-10(3)11(4)20-13/h7H,5-6,8H2,1-4H3,(H2,15,16,17,19). The third-order valence-corrected chi connectivity index (χ3v) is 2.88. The summed E-state index contributed by atoms with van der Waals surface area (Å²) < 4.78 is 5.53. The molecule has 0 amide bonds. The first kappa shape index (κ1) is 14.3. The first-order valence-corrected chi connectivity index (χ1v) is 6.85. The third kappa shape index (κ3) is 3.69. The maximum Gasteiger partial charge on any atom is 0.224 e. The molecular weight excluding hydrogens is 254 g/mol. The zero-order chi connectivity index (χ0) is 14.5. The van der Waals surface area contributed by atoms with Gasteiger partial charge in [0.1, 0.15) is 11.6 Å². The van der Waals surface area contributed by atoms with Crippen molar-refractivity contribution in [1.29, 1.82) is 0 Å². The average Bonchev–Trinajstić information content (AvgIpc) is 2.73. The molecular formula is C14H21N5O. The average molecular weight is 275 g/mol. The lowest BCUT2D eigenvalue weighted by Gasteiger charge is -2.08. The Morgan fingerprint density at radius 2 is 1.90 bits per heavy atom. The van der Waals surface area contributed by atoms with Gasteiger partial charge < -0.3 is 15.1 Å². The van der Waals surface area contributed by atoms with Crippen LogP contribution >= 0.6 is 0 Å². The Bertz CT molecular complexity index is 559. The number of hydrogen-bond donors (Lipinski definition) is 2. The Morgan fingerprint density at radius 1 is 1.10 bits per heavy atom. The fraction of sp³-hybridized carbons (Fsp3) is 0.500. The molecule has 20 heavy (non-hydrogen) atoms. The van der Waals surface area contributed by atoms with Gasteiger partial charge in [0, 0.05) is 18.3 Å². The maximum absolute atomic E-state index is 5.53. The van der Waals surface area contributed by atoms with Gasteiger partial charge in [-0.05, 0) is 27.2 Å². The Hall–Kier alpha value is -2.11. The van der Waals surface area contributed by atoms with Gasteiger partial charge in [-0.2, -0.15) is 4.98 Å². The molecule has 0 atom stereocenters. The molecule has 0 unspecified atom stereocenters. The highest BCUT2D eigenvalue weighted by molar-refractivity contribution is 5.42. The number of aromatic nitrogens is 3. The van der Waals surface area contributed by atoms with Gasteiger partial charge in [0.05, 0.1) is 12.2 Å². The molecule has 2 rings (SSSR count). The van der Waals surface area contributed by atoms with Crippen molar-refractivity contribution in [3.63, 3.8) is 0 Å². The van der Waals surface area contributed by atoms with Crippen molar-refractivity contribution < 1.29 is 4.42 Å². The number of rotatable bonds is 6. The minimum absolute atomic E-state index is 0.512. The van der Waals surface area contributed by atoms with E-state index < -0.39 is 0 Å². The van der Waals surface area contributed by atoms with E-state index in [1.54, 1.807) is 0 Å². The van der Waals surface area contributed by atoms with E-state index >= 15 is 0 Å². The van der Waals surface area contributed by atoms with Crippen molar-refractivity contribution in [3.05, 3.63) is 29.1 Å². The normalized spacial score (nSPS) is 10.6. The molecule has 0 fully saturated rings. The Morgan fingerprint density at radius 3 is 2.55 bits per heavy atom. The lowest BCUT2D eigenvalue weighted by Crippen LogP contribution is -2.08. The van der Waals surface area contributed by atoms with Crippen molar-refractivity contribution in [3.8, 4) is 0 Å². The Labute approximate surface area is 119 Å². The fourth-order valence-corrected chi connectivity index (χ4v) is 1.76. The molecule has 0 radical (unpaired) electrons. The molecule has 0 saturated carbocycles. The summed E-state index contributed by atoms with van der Waals surface area (Å²) in [6.07, 6.45) is 1.04. The summed E-state index contributed by atoms with van der Waals surface area (Å²) in [6.45, 7) is 9.27. The zero-order valence-corrected chi connectivity index (χ0v) is 12.4. The summed E-state index contributed by atoms with van der Waals surface area (Å²) in [5, 5.41) is 6.40. The molecule has 6 nitrogen and oxygen atoms in total. The molecule has 108 valence electrons. The van der Waals surface area contributed by atoms with Crippen LogP contribution in [0.2, 0.25) is 0 Å². The molecule has 0 aliphatic carbocycles. The van der Waals surface area contributed by atoms with Crippen LogP contribution in [-0.2, 0) is 6.54 Å². The second-order valence-corrected chi connectivity index (χ2v) is 4.75. The van der Waals surface area contributed by atoms with Crippen LogP contribution in [0.3, 0.4) is 0 Å². The third-order valence-electron chi connectivity index (χ3n) is 2.88. The first-order valence-electron chi connectivity index (χ1n) is 6.85. The second kappa shape index (κ2) is 6.36. The van der Waals surface area contributed by atoms with Gasteiger partial charge in [-0.3, -0.25) is 0 Å². The summed E-state index contributed by atoms with van der Waals surface area (Å²) in [6, 6.07) is 1.90. The highest BCUT2D eigenvalue weighted by Gasteiger charge is 2.06. The van der Waals surface area contributed by atoms with Crippen LogP contribution in [0.25, 0.3) is 0 Å². The predicted molar refractivity (Wildman–Crippen MR) is 78.9 cm³/mol. The first-order chi connectivity index (χ1) is 9.58.